The maximum Gasteiger partial charge on any atom is 0.339 e. The number of hydrogen-bond donors (Lipinski definition) is 2. The van der Waals surface area contributed by atoms with E-state index in [-0.39, 0.29) is 17.7 Å². The molecule has 0 aromatic carbocycles. The topological polar surface area (TPSA) is 93.5 Å². The van der Waals surface area contributed by atoms with Crippen molar-refractivity contribution in [2.45, 2.75) is 6.42 Å². The minimum absolute atomic E-state index is 0.0196. The SMILES string of the molecule is NC(=O)Cc1occc1C(=O)O. The third kappa shape index (κ3) is 1.63. The summed E-state index contributed by atoms with van der Waals surface area (Å²) in [4.78, 5) is 20.9. The van der Waals surface area contributed by atoms with E-state index in [1.165, 1.54) is 12.3 Å². The molecule has 1 heterocycles. The smallest absolute Gasteiger partial charge is 0.339 e. The van der Waals surface area contributed by atoms with E-state index in [1.54, 1.807) is 0 Å². The zero-order valence-corrected chi connectivity index (χ0v) is 6.11. The van der Waals surface area contributed by atoms with Crippen molar-refractivity contribution in [3.05, 3.63) is 23.7 Å². The number of carbonyl (C=O) groups is 2. The number of furan rings is 1. The van der Waals surface area contributed by atoms with Gasteiger partial charge in [-0.25, -0.2) is 4.79 Å². The van der Waals surface area contributed by atoms with Gasteiger partial charge in [0, 0.05) is 0 Å². The van der Waals surface area contributed by atoms with E-state index in [2.05, 4.69) is 0 Å². The van der Waals surface area contributed by atoms with Crippen LogP contribution in [0.2, 0.25) is 0 Å². The van der Waals surface area contributed by atoms with Gasteiger partial charge in [-0.2, -0.15) is 0 Å². The first-order valence-electron chi connectivity index (χ1n) is 3.19. The molecule has 0 saturated heterocycles. The molecule has 0 spiro atoms. The highest BCUT2D eigenvalue weighted by Crippen LogP contribution is 2.10. The standard InChI is InChI=1S/C7H7NO4/c8-6(9)3-5-4(7(10)11)1-2-12-5/h1-2H,3H2,(H2,8,9)(H,10,11). The molecule has 0 aliphatic rings. The number of amides is 1. The number of primary amides is 1. The van der Waals surface area contributed by atoms with Crippen molar-refractivity contribution in [3.8, 4) is 0 Å². The Morgan fingerprint density at radius 1 is 1.58 bits per heavy atom. The molecular formula is C7H7NO4. The van der Waals surface area contributed by atoms with E-state index in [0.717, 1.165) is 0 Å². The van der Waals surface area contributed by atoms with Gasteiger partial charge in [-0.15, -0.1) is 0 Å². The molecule has 0 unspecified atom stereocenters. The second-order valence-electron chi connectivity index (χ2n) is 2.21. The van der Waals surface area contributed by atoms with Gasteiger partial charge in [-0.3, -0.25) is 4.79 Å². The van der Waals surface area contributed by atoms with Crippen LogP contribution in [0.5, 0.6) is 0 Å². The molecule has 0 fully saturated rings. The molecule has 0 bridgehead atoms. The van der Waals surface area contributed by atoms with Crippen LogP contribution in [0.25, 0.3) is 0 Å². The molecule has 1 amide bonds. The Bertz CT molecular complexity index is 315. The predicted molar refractivity (Wildman–Crippen MR) is 38.6 cm³/mol. The molecule has 0 aliphatic heterocycles. The number of carboxylic acid groups (broad SMARTS) is 1. The zero-order chi connectivity index (χ0) is 9.14. The van der Waals surface area contributed by atoms with Crippen LogP contribution in [0.1, 0.15) is 16.1 Å². The summed E-state index contributed by atoms with van der Waals surface area (Å²) < 4.78 is 4.76. The monoisotopic (exact) mass is 169 g/mol. The summed E-state index contributed by atoms with van der Waals surface area (Å²) >= 11 is 0. The highest BCUT2D eigenvalue weighted by Gasteiger charge is 2.14. The van der Waals surface area contributed by atoms with E-state index in [4.69, 9.17) is 15.3 Å². The Balaban J connectivity index is 2.91. The van der Waals surface area contributed by atoms with Crippen molar-refractivity contribution in [3.63, 3.8) is 0 Å². The molecule has 12 heavy (non-hydrogen) atoms. The molecule has 0 atom stereocenters. The van der Waals surface area contributed by atoms with E-state index in [0.29, 0.717) is 0 Å². The summed E-state index contributed by atoms with van der Waals surface area (Å²) in [6, 6.07) is 1.28. The van der Waals surface area contributed by atoms with E-state index < -0.39 is 11.9 Å². The van der Waals surface area contributed by atoms with Crippen LogP contribution in [0.4, 0.5) is 0 Å². The predicted octanol–water partition coefficient (Wildman–Crippen LogP) is 0.00560. The van der Waals surface area contributed by atoms with Crippen molar-refractivity contribution in [1.29, 1.82) is 0 Å². The average molecular weight is 169 g/mol. The Hall–Kier alpha value is -1.78. The first-order chi connectivity index (χ1) is 5.61. The summed E-state index contributed by atoms with van der Waals surface area (Å²) in [5.74, 6) is -1.65. The first-order valence-corrected chi connectivity index (χ1v) is 3.19. The molecule has 1 aromatic heterocycles. The lowest BCUT2D eigenvalue weighted by molar-refractivity contribution is -0.117. The minimum Gasteiger partial charge on any atom is -0.478 e. The van der Waals surface area contributed by atoms with Crippen LogP contribution in [-0.2, 0) is 11.2 Å². The quantitative estimate of drug-likeness (QED) is 0.666. The average Bonchev–Trinajstić information content (AvgIpc) is 2.33. The largest absolute Gasteiger partial charge is 0.478 e. The van der Waals surface area contributed by atoms with Crippen molar-refractivity contribution < 1.29 is 19.1 Å². The fourth-order valence-corrected chi connectivity index (χ4v) is 0.826. The summed E-state index contributed by atoms with van der Waals surface area (Å²) in [6.45, 7) is 0. The van der Waals surface area contributed by atoms with E-state index >= 15 is 0 Å². The lowest BCUT2D eigenvalue weighted by Crippen LogP contribution is -2.15. The van der Waals surface area contributed by atoms with Crippen molar-refractivity contribution in [1.82, 2.24) is 0 Å². The van der Waals surface area contributed by atoms with Crippen LogP contribution >= 0.6 is 0 Å². The number of carbonyl (C=O) groups excluding carboxylic acids is 1. The van der Waals surface area contributed by atoms with Gasteiger partial charge < -0.3 is 15.3 Å². The Morgan fingerprint density at radius 2 is 2.25 bits per heavy atom. The molecule has 0 saturated carbocycles. The summed E-state index contributed by atoms with van der Waals surface area (Å²) in [7, 11) is 0. The van der Waals surface area contributed by atoms with Crippen LogP contribution in [0.3, 0.4) is 0 Å². The van der Waals surface area contributed by atoms with Crippen molar-refractivity contribution >= 4 is 11.9 Å². The number of rotatable bonds is 3. The van der Waals surface area contributed by atoms with Gasteiger partial charge in [-0.05, 0) is 6.07 Å². The van der Waals surface area contributed by atoms with Gasteiger partial charge in [0.15, 0.2) is 0 Å². The normalized spacial score (nSPS) is 9.67. The van der Waals surface area contributed by atoms with Crippen LogP contribution < -0.4 is 5.73 Å². The number of nitrogens with two attached hydrogens (primary N) is 1. The second kappa shape index (κ2) is 3.08. The Kier molecular flexibility index (Phi) is 2.14. The molecule has 0 radical (unpaired) electrons. The Labute approximate surface area is 67.8 Å². The van der Waals surface area contributed by atoms with Crippen molar-refractivity contribution in [2.75, 3.05) is 0 Å². The lowest BCUT2D eigenvalue weighted by atomic mass is 10.2. The zero-order valence-electron chi connectivity index (χ0n) is 6.11. The molecule has 0 aliphatic carbocycles. The van der Waals surface area contributed by atoms with Gasteiger partial charge in [0.2, 0.25) is 5.91 Å². The fraction of sp³-hybridized carbons (Fsp3) is 0.143. The molecule has 1 rings (SSSR count). The number of aromatic carboxylic acids is 1. The van der Waals surface area contributed by atoms with Gasteiger partial charge in [0.05, 0.1) is 12.7 Å². The third-order valence-corrected chi connectivity index (χ3v) is 1.31. The van der Waals surface area contributed by atoms with Crippen molar-refractivity contribution in [2.24, 2.45) is 5.73 Å². The summed E-state index contributed by atoms with van der Waals surface area (Å²) in [5.41, 5.74) is 4.84. The number of carboxylic acids is 1. The second-order valence-corrected chi connectivity index (χ2v) is 2.21. The first kappa shape index (κ1) is 8.32. The third-order valence-electron chi connectivity index (χ3n) is 1.31. The highest BCUT2D eigenvalue weighted by atomic mass is 16.4. The van der Waals surface area contributed by atoms with Crippen LogP contribution in [0, 0.1) is 0 Å². The maximum absolute atomic E-state index is 10.5. The fourth-order valence-electron chi connectivity index (χ4n) is 0.826. The summed E-state index contributed by atoms with van der Waals surface area (Å²) in [5, 5.41) is 8.56. The van der Waals surface area contributed by atoms with Crippen LogP contribution in [0.15, 0.2) is 16.7 Å². The molecule has 64 valence electrons. The highest BCUT2D eigenvalue weighted by molar-refractivity contribution is 5.90. The van der Waals surface area contributed by atoms with Gasteiger partial charge >= 0.3 is 5.97 Å². The van der Waals surface area contributed by atoms with Gasteiger partial charge in [0.25, 0.3) is 0 Å². The maximum atomic E-state index is 10.5. The van der Waals surface area contributed by atoms with E-state index in [9.17, 15) is 9.59 Å². The van der Waals surface area contributed by atoms with Gasteiger partial charge in [0.1, 0.15) is 11.3 Å². The van der Waals surface area contributed by atoms with E-state index in [1.807, 2.05) is 0 Å². The molecule has 5 heteroatoms. The molecule has 3 N–H and O–H groups in total. The lowest BCUT2D eigenvalue weighted by Gasteiger charge is -1.93. The Morgan fingerprint density at radius 3 is 2.75 bits per heavy atom. The minimum atomic E-state index is -1.12. The molecule has 1 aromatic rings. The summed E-state index contributed by atoms with van der Waals surface area (Å²) in [6.07, 6.45) is 1.02. The molecular weight excluding hydrogens is 162 g/mol. The number of hydrogen-bond acceptors (Lipinski definition) is 3. The molecule has 5 nitrogen and oxygen atoms in total. The van der Waals surface area contributed by atoms with Crippen LogP contribution in [-0.4, -0.2) is 17.0 Å². The van der Waals surface area contributed by atoms with Gasteiger partial charge in [-0.1, -0.05) is 0 Å².